The van der Waals surface area contributed by atoms with Gasteiger partial charge in [0.25, 0.3) is 0 Å². The fourth-order valence-electron chi connectivity index (χ4n) is 2.43. The first-order chi connectivity index (χ1) is 10.0. The minimum Gasteiger partial charge on any atom is -0.326 e. The lowest BCUT2D eigenvalue weighted by Gasteiger charge is -2.17. The third-order valence-corrected chi connectivity index (χ3v) is 4.10. The highest BCUT2D eigenvalue weighted by Crippen LogP contribution is 2.25. The molecule has 0 fully saturated rings. The summed E-state index contributed by atoms with van der Waals surface area (Å²) in [4.78, 5) is 23.9. The number of hydrogen-bond acceptors (Lipinski definition) is 2. The van der Waals surface area contributed by atoms with Gasteiger partial charge in [0.2, 0.25) is 5.91 Å². The number of hydrogen-bond donors (Lipinski definition) is 1. The summed E-state index contributed by atoms with van der Waals surface area (Å²) in [6.07, 6.45) is 1.12. The monoisotopic (exact) mass is 299 g/mol. The number of carbonyl (C=O) groups is 2. The Kier molecular flexibility index (Phi) is 3.52. The molecule has 0 saturated carbocycles. The van der Waals surface area contributed by atoms with Crippen molar-refractivity contribution in [3.05, 3.63) is 63.7 Å². The standard InChI is InChI=1S/C17H14ClNO2/c1-10-2-3-13(9-14(10)18)17(21)12-4-6-15-11(8-12)5-7-16(20)19-15/h2-4,6,8-9H,5,7H2,1H3,(H,19,20). The molecule has 4 heteroatoms. The van der Waals surface area contributed by atoms with Crippen LogP contribution in [0.3, 0.4) is 0 Å². The van der Waals surface area contributed by atoms with Gasteiger partial charge in [-0.25, -0.2) is 0 Å². The molecule has 2 aromatic rings. The second-order valence-corrected chi connectivity index (χ2v) is 5.62. The third kappa shape index (κ3) is 2.69. The Morgan fingerprint density at radius 3 is 2.57 bits per heavy atom. The van der Waals surface area contributed by atoms with Crippen molar-refractivity contribution in [1.82, 2.24) is 0 Å². The molecule has 3 nitrogen and oxygen atoms in total. The predicted octanol–water partition coefficient (Wildman–Crippen LogP) is 3.76. The second-order valence-electron chi connectivity index (χ2n) is 5.21. The van der Waals surface area contributed by atoms with Gasteiger partial charge < -0.3 is 5.32 Å². The average molecular weight is 300 g/mol. The lowest BCUT2D eigenvalue weighted by Crippen LogP contribution is -2.19. The van der Waals surface area contributed by atoms with Gasteiger partial charge in [0.05, 0.1) is 0 Å². The quantitative estimate of drug-likeness (QED) is 0.858. The smallest absolute Gasteiger partial charge is 0.224 e. The third-order valence-electron chi connectivity index (χ3n) is 3.70. The summed E-state index contributed by atoms with van der Waals surface area (Å²) in [5, 5.41) is 3.40. The number of benzene rings is 2. The van der Waals surface area contributed by atoms with Gasteiger partial charge in [-0.2, -0.15) is 0 Å². The van der Waals surface area contributed by atoms with Crippen molar-refractivity contribution in [2.24, 2.45) is 0 Å². The molecule has 3 rings (SSSR count). The maximum atomic E-state index is 12.5. The fourth-order valence-corrected chi connectivity index (χ4v) is 2.61. The van der Waals surface area contributed by atoms with E-state index in [9.17, 15) is 9.59 Å². The molecule has 2 aromatic carbocycles. The molecule has 0 spiro atoms. The summed E-state index contributed by atoms with van der Waals surface area (Å²) in [5.74, 6) is -0.0384. The van der Waals surface area contributed by atoms with Crippen molar-refractivity contribution in [3.63, 3.8) is 0 Å². The lowest BCUT2D eigenvalue weighted by molar-refractivity contribution is -0.116. The molecule has 0 atom stereocenters. The van der Waals surface area contributed by atoms with Crippen LogP contribution in [0.5, 0.6) is 0 Å². The zero-order valence-electron chi connectivity index (χ0n) is 11.6. The SMILES string of the molecule is Cc1ccc(C(=O)c2ccc3c(c2)CCC(=O)N3)cc1Cl. The average Bonchev–Trinajstić information content (AvgIpc) is 2.49. The number of ketones is 1. The van der Waals surface area contributed by atoms with E-state index >= 15 is 0 Å². The molecule has 1 aliphatic heterocycles. The molecule has 1 heterocycles. The van der Waals surface area contributed by atoms with Gasteiger partial charge in [0.15, 0.2) is 5.78 Å². The summed E-state index contributed by atoms with van der Waals surface area (Å²) < 4.78 is 0. The maximum Gasteiger partial charge on any atom is 0.224 e. The molecule has 1 N–H and O–H groups in total. The Balaban J connectivity index is 1.95. The fraction of sp³-hybridized carbons (Fsp3) is 0.176. The predicted molar refractivity (Wildman–Crippen MR) is 83.0 cm³/mol. The van der Waals surface area contributed by atoms with E-state index in [1.54, 1.807) is 24.3 Å². The first kappa shape index (κ1) is 13.8. The summed E-state index contributed by atoms with van der Waals surface area (Å²) in [6, 6.07) is 10.7. The van der Waals surface area contributed by atoms with Gasteiger partial charge in [-0.3, -0.25) is 9.59 Å². The summed E-state index contributed by atoms with van der Waals surface area (Å²) in [6.45, 7) is 1.90. The van der Waals surface area contributed by atoms with Crippen molar-refractivity contribution < 1.29 is 9.59 Å². The van der Waals surface area contributed by atoms with Crippen LogP contribution in [-0.2, 0) is 11.2 Å². The molecule has 0 aliphatic carbocycles. The van der Waals surface area contributed by atoms with E-state index in [0.717, 1.165) is 16.8 Å². The number of nitrogens with one attached hydrogen (secondary N) is 1. The number of aryl methyl sites for hydroxylation is 2. The molecule has 0 unspecified atom stereocenters. The summed E-state index contributed by atoms with van der Waals surface area (Å²) in [5.41, 5.74) is 3.93. The van der Waals surface area contributed by atoms with Crippen LogP contribution in [-0.4, -0.2) is 11.7 Å². The number of rotatable bonds is 2. The van der Waals surface area contributed by atoms with Gasteiger partial charge in [-0.05, 0) is 48.7 Å². The lowest BCUT2D eigenvalue weighted by atomic mass is 9.96. The molecule has 0 radical (unpaired) electrons. The molecule has 106 valence electrons. The first-order valence-electron chi connectivity index (χ1n) is 6.78. The Morgan fingerprint density at radius 1 is 1.10 bits per heavy atom. The largest absolute Gasteiger partial charge is 0.326 e. The topological polar surface area (TPSA) is 46.2 Å². The van der Waals surface area contributed by atoms with Gasteiger partial charge in [-0.1, -0.05) is 23.7 Å². The molecule has 21 heavy (non-hydrogen) atoms. The van der Waals surface area contributed by atoms with Gasteiger partial charge in [0, 0.05) is 28.3 Å². The number of fused-ring (bicyclic) bond motifs is 1. The maximum absolute atomic E-state index is 12.5. The Labute approximate surface area is 127 Å². The van der Waals surface area contributed by atoms with Crippen molar-refractivity contribution >= 4 is 29.0 Å². The van der Waals surface area contributed by atoms with Crippen LogP contribution in [0.4, 0.5) is 5.69 Å². The summed E-state index contributed by atoms with van der Waals surface area (Å²) >= 11 is 6.08. The van der Waals surface area contributed by atoms with E-state index < -0.39 is 0 Å². The first-order valence-corrected chi connectivity index (χ1v) is 7.16. The Bertz CT molecular complexity index is 752. The van der Waals surface area contributed by atoms with Gasteiger partial charge in [0.1, 0.15) is 0 Å². The molecule has 0 saturated heterocycles. The van der Waals surface area contributed by atoms with Crippen LogP contribution in [0.2, 0.25) is 5.02 Å². The van der Waals surface area contributed by atoms with Crippen molar-refractivity contribution in [3.8, 4) is 0 Å². The van der Waals surface area contributed by atoms with Gasteiger partial charge >= 0.3 is 0 Å². The van der Waals surface area contributed by atoms with E-state index in [4.69, 9.17) is 11.6 Å². The molecule has 0 bridgehead atoms. The molecule has 0 aromatic heterocycles. The number of carbonyl (C=O) groups excluding carboxylic acids is 2. The number of halogens is 1. The molecule has 1 amide bonds. The van der Waals surface area contributed by atoms with Crippen molar-refractivity contribution in [2.75, 3.05) is 5.32 Å². The van der Waals surface area contributed by atoms with Crippen LogP contribution in [0.15, 0.2) is 36.4 Å². The minimum absolute atomic E-state index is 0.0203. The molecular weight excluding hydrogens is 286 g/mol. The van der Waals surface area contributed by atoms with Crippen LogP contribution in [0.25, 0.3) is 0 Å². The van der Waals surface area contributed by atoms with Crippen LogP contribution >= 0.6 is 11.6 Å². The second kappa shape index (κ2) is 5.34. The highest BCUT2D eigenvalue weighted by molar-refractivity contribution is 6.31. The van der Waals surface area contributed by atoms with E-state index in [-0.39, 0.29) is 11.7 Å². The van der Waals surface area contributed by atoms with Crippen LogP contribution < -0.4 is 5.32 Å². The van der Waals surface area contributed by atoms with Crippen LogP contribution in [0.1, 0.15) is 33.5 Å². The van der Waals surface area contributed by atoms with E-state index in [2.05, 4.69) is 5.32 Å². The van der Waals surface area contributed by atoms with Gasteiger partial charge in [-0.15, -0.1) is 0 Å². The molecular formula is C17H14ClNO2. The van der Waals surface area contributed by atoms with Crippen LogP contribution in [0, 0.1) is 6.92 Å². The Morgan fingerprint density at radius 2 is 1.81 bits per heavy atom. The number of amides is 1. The molecule has 1 aliphatic rings. The normalized spacial score (nSPS) is 13.5. The zero-order chi connectivity index (χ0) is 15.0. The van der Waals surface area contributed by atoms with Crippen molar-refractivity contribution in [2.45, 2.75) is 19.8 Å². The zero-order valence-corrected chi connectivity index (χ0v) is 12.3. The van der Waals surface area contributed by atoms with Crippen molar-refractivity contribution in [1.29, 1.82) is 0 Å². The highest BCUT2D eigenvalue weighted by atomic mass is 35.5. The van der Waals surface area contributed by atoms with E-state index in [1.807, 2.05) is 19.1 Å². The Hall–Kier alpha value is -2.13. The summed E-state index contributed by atoms with van der Waals surface area (Å²) in [7, 11) is 0. The van der Waals surface area contributed by atoms with E-state index in [1.165, 1.54) is 0 Å². The number of anilines is 1. The van der Waals surface area contributed by atoms with E-state index in [0.29, 0.717) is 29.0 Å². The minimum atomic E-state index is -0.0587. The highest BCUT2D eigenvalue weighted by Gasteiger charge is 2.17.